The lowest BCUT2D eigenvalue weighted by Crippen LogP contribution is -2.07. The van der Waals surface area contributed by atoms with Crippen LogP contribution in [0.3, 0.4) is 0 Å². The lowest BCUT2D eigenvalue weighted by Gasteiger charge is -2.08. The van der Waals surface area contributed by atoms with E-state index in [4.69, 9.17) is 0 Å². The van der Waals surface area contributed by atoms with Gasteiger partial charge in [-0.1, -0.05) is 31.5 Å². The van der Waals surface area contributed by atoms with Crippen LogP contribution in [0.2, 0.25) is 0 Å². The van der Waals surface area contributed by atoms with Crippen molar-refractivity contribution in [2.75, 3.05) is 0 Å². The van der Waals surface area contributed by atoms with E-state index < -0.39 is 11.9 Å². The zero-order valence-corrected chi connectivity index (χ0v) is 10.5. The quantitative estimate of drug-likeness (QED) is 0.762. The standard InChI is InChI=1S/C15H14F3N/c1-2-9-6-13(9)10-3-4-11-8-19-14(15(16,17)18)7-12(11)5-10/h3-5,7-9,13H,2,6H2,1H3/t9-,13-/m0/s1. The van der Waals surface area contributed by atoms with Crippen molar-refractivity contribution < 1.29 is 13.2 Å². The summed E-state index contributed by atoms with van der Waals surface area (Å²) in [5.74, 6) is 1.22. The van der Waals surface area contributed by atoms with E-state index in [1.807, 2.05) is 18.2 Å². The van der Waals surface area contributed by atoms with Gasteiger partial charge in [0.05, 0.1) is 0 Å². The second-order valence-electron chi connectivity index (χ2n) is 5.18. The first-order valence-corrected chi connectivity index (χ1v) is 6.46. The van der Waals surface area contributed by atoms with E-state index in [1.54, 1.807) is 0 Å². The summed E-state index contributed by atoms with van der Waals surface area (Å²) >= 11 is 0. The molecule has 0 N–H and O–H groups in total. The summed E-state index contributed by atoms with van der Waals surface area (Å²) in [6, 6.07) is 6.90. The summed E-state index contributed by atoms with van der Waals surface area (Å²) in [5, 5.41) is 1.38. The largest absolute Gasteiger partial charge is 0.433 e. The molecule has 2 atom stereocenters. The number of halogens is 3. The Hall–Kier alpha value is -1.58. The highest BCUT2D eigenvalue weighted by atomic mass is 19.4. The second-order valence-corrected chi connectivity index (χ2v) is 5.18. The van der Waals surface area contributed by atoms with Gasteiger partial charge in [-0.15, -0.1) is 0 Å². The Balaban J connectivity index is 2.01. The summed E-state index contributed by atoms with van der Waals surface area (Å²) in [6.07, 6.45) is -0.798. The van der Waals surface area contributed by atoms with Gasteiger partial charge in [0.25, 0.3) is 0 Å². The van der Waals surface area contributed by atoms with Crippen molar-refractivity contribution >= 4 is 10.8 Å². The van der Waals surface area contributed by atoms with Gasteiger partial charge in [-0.25, -0.2) is 0 Å². The van der Waals surface area contributed by atoms with Gasteiger partial charge in [-0.05, 0) is 35.3 Å². The fourth-order valence-corrected chi connectivity index (χ4v) is 2.65. The Labute approximate surface area is 109 Å². The molecule has 1 aromatic carbocycles. The molecule has 1 aromatic heterocycles. The van der Waals surface area contributed by atoms with Crippen molar-refractivity contribution in [1.82, 2.24) is 4.98 Å². The molecule has 0 unspecified atom stereocenters. The number of hydrogen-bond donors (Lipinski definition) is 0. The summed E-state index contributed by atoms with van der Waals surface area (Å²) in [7, 11) is 0. The van der Waals surface area contributed by atoms with Crippen molar-refractivity contribution in [3.8, 4) is 0 Å². The maximum atomic E-state index is 12.6. The maximum absolute atomic E-state index is 12.6. The normalized spacial score (nSPS) is 22.7. The fourth-order valence-electron chi connectivity index (χ4n) is 2.65. The number of fused-ring (bicyclic) bond motifs is 1. The van der Waals surface area contributed by atoms with Crippen LogP contribution in [-0.4, -0.2) is 4.98 Å². The van der Waals surface area contributed by atoms with Crippen molar-refractivity contribution in [2.45, 2.75) is 31.9 Å². The average Bonchev–Trinajstić information content (AvgIpc) is 3.16. The van der Waals surface area contributed by atoms with Gasteiger partial charge in [0.1, 0.15) is 5.69 Å². The molecule has 0 amide bonds. The highest BCUT2D eigenvalue weighted by Crippen LogP contribution is 2.49. The summed E-state index contributed by atoms with van der Waals surface area (Å²) in [5.41, 5.74) is 0.332. The smallest absolute Gasteiger partial charge is 0.251 e. The number of alkyl halides is 3. The van der Waals surface area contributed by atoms with E-state index in [-0.39, 0.29) is 0 Å². The molecule has 100 valence electrons. The van der Waals surface area contributed by atoms with Crippen LogP contribution < -0.4 is 0 Å². The number of pyridine rings is 1. The first-order chi connectivity index (χ1) is 8.99. The summed E-state index contributed by atoms with van der Waals surface area (Å²) in [6.45, 7) is 2.15. The zero-order valence-electron chi connectivity index (χ0n) is 10.5. The van der Waals surface area contributed by atoms with Crippen LogP contribution in [0, 0.1) is 5.92 Å². The second kappa shape index (κ2) is 4.22. The van der Waals surface area contributed by atoms with E-state index in [1.165, 1.54) is 6.20 Å². The van der Waals surface area contributed by atoms with Crippen molar-refractivity contribution in [1.29, 1.82) is 0 Å². The zero-order chi connectivity index (χ0) is 13.6. The van der Waals surface area contributed by atoms with Crippen LogP contribution in [0.1, 0.15) is 36.9 Å². The molecule has 0 aliphatic heterocycles. The SMILES string of the molecule is CC[C@H]1C[C@@H]1c1ccc2cnc(C(F)(F)F)cc2c1. The van der Waals surface area contributed by atoms with Crippen LogP contribution >= 0.6 is 0 Å². The molecule has 1 aliphatic carbocycles. The molecule has 1 saturated carbocycles. The molecule has 19 heavy (non-hydrogen) atoms. The van der Waals surface area contributed by atoms with Gasteiger partial charge >= 0.3 is 6.18 Å². The Morgan fingerprint density at radius 2 is 2.00 bits per heavy atom. The predicted molar refractivity (Wildman–Crippen MR) is 67.9 cm³/mol. The predicted octanol–water partition coefficient (Wildman–Crippen LogP) is 4.77. The van der Waals surface area contributed by atoms with Crippen LogP contribution in [0.4, 0.5) is 13.2 Å². The van der Waals surface area contributed by atoms with E-state index >= 15 is 0 Å². The minimum Gasteiger partial charge on any atom is -0.251 e. The average molecular weight is 265 g/mol. The Morgan fingerprint density at radius 3 is 2.63 bits per heavy atom. The molecule has 1 fully saturated rings. The molecule has 1 nitrogen and oxygen atoms in total. The molecular formula is C15H14F3N. The highest BCUT2D eigenvalue weighted by Gasteiger charge is 2.36. The molecule has 2 aromatic rings. The number of aromatic nitrogens is 1. The van der Waals surface area contributed by atoms with Gasteiger partial charge in [0.2, 0.25) is 0 Å². The van der Waals surface area contributed by atoms with Crippen LogP contribution in [0.5, 0.6) is 0 Å². The lowest BCUT2D eigenvalue weighted by molar-refractivity contribution is -0.141. The van der Waals surface area contributed by atoms with Gasteiger partial charge in [-0.2, -0.15) is 13.2 Å². The first kappa shape index (κ1) is 12.5. The third-order valence-corrected chi connectivity index (χ3v) is 3.91. The molecule has 0 saturated heterocycles. The van der Waals surface area contributed by atoms with Crippen molar-refractivity contribution in [3.05, 3.63) is 41.7 Å². The van der Waals surface area contributed by atoms with Gasteiger partial charge in [0.15, 0.2) is 0 Å². The van der Waals surface area contributed by atoms with Crippen LogP contribution in [0.25, 0.3) is 10.8 Å². The number of benzene rings is 1. The van der Waals surface area contributed by atoms with Crippen molar-refractivity contribution in [2.24, 2.45) is 5.92 Å². The molecule has 3 rings (SSSR count). The Bertz CT molecular complexity index is 618. The maximum Gasteiger partial charge on any atom is 0.433 e. The number of hydrogen-bond acceptors (Lipinski definition) is 1. The first-order valence-electron chi connectivity index (χ1n) is 6.46. The minimum absolute atomic E-state index is 0.525. The molecule has 0 spiro atoms. The van der Waals surface area contributed by atoms with Gasteiger partial charge in [0, 0.05) is 11.6 Å². The molecular weight excluding hydrogens is 251 g/mol. The third-order valence-electron chi connectivity index (χ3n) is 3.91. The molecule has 1 aliphatic rings. The Kier molecular flexibility index (Phi) is 2.77. The molecule has 0 radical (unpaired) electrons. The third kappa shape index (κ3) is 2.31. The van der Waals surface area contributed by atoms with E-state index in [9.17, 15) is 13.2 Å². The van der Waals surface area contributed by atoms with Crippen molar-refractivity contribution in [3.63, 3.8) is 0 Å². The van der Waals surface area contributed by atoms with Gasteiger partial charge in [-0.3, -0.25) is 4.98 Å². The topological polar surface area (TPSA) is 12.9 Å². The molecule has 0 bridgehead atoms. The highest BCUT2D eigenvalue weighted by molar-refractivity contribution is 5.83. The van der Waals surface area contributed by atoms with E-state index in [0.717, 1.165) is 29.9 Å². The van der Waals surface area contributed by atoms with Gasteiger partial charge < -0.3 is 0 Å². The van der Waals surface area contributed by atoms with E-state index in [2.05, 4.69) is 11.9 Å². The number of nitrogens with zero attached hydrogens (tertiary/aromatic N) is 1. The fraction of sp³-hybridized carbons (Fsp3) is 0.400. The summed E-state index contributed by atoms with van der Waals surface area (Å²) < 4.78 is 37.9. The van der Waals surface area contributed by atoms with E-state index in [0.29, 0.717) is 17.2 Å². The van der Waals surface area contributed by atoms with Crippen LogP contribution in [-0.2, 0) is 6.18 Å². The Morgan fingerprint density at radius 1 is 1.21 bits per heavy atom. The lowest BCUT2D eigenvalue weighted by atomic mass is 10.0. The monoisotopic (exact) mass is 265 g/mol. The minimum atomic E-state index is -4.38. The molecule has 1 heterocycles. The number of rotatable bonds is 2. The summed E-state index contributed by atoms with van der Waals surface area (Å²) in [4.78, 5) is 3.47. The molecule has 4 heteroatoms. The van der Waals surface area contributed by atoms with Crippen LogP contribution in [0.15, 0.2) is 30.5 Å².